The number of aromatic nitrogens is 1. The smallest absolute Gasteiger partial charge is 0.160 e. The molecule has 0 fully saturated rings. The SMILES string of the molecule is Cc1cc2nc(C)c3ccccc3c2o1. The highest BCUT2D eigenvalue weighted by molar-refractivity contribution is 6.03. The number of rotatable bonds is 0. The third-order valence-electron chi connectivity index (χ3n) is 2.69. The lowest BCUT2D eigenvalue weighted by Crippen LogP contribution is -1.84. The van der Waals surface area contributed by atoms with E-state index in [0.717, 1.165) is 27.9 Å². The molecule has 0 aliphatic carbocycles. The Hall–Kier alpha value is -1.83. The van der Waals surface area contributed by atoms with E-state index in [1.54, 1.807) is 0 Å². The summed E-state index contributed by atoms with van der Waals surface area (Å²) >= 11 is 0. The van der Waals surface area contributed by atoms with E-state index in [1.807, 2.05) is 32.0 Å². The molecule has 0 atom stereocenters. The van der Waals surface area contributed by atoms with Gasteiger partial charge in [-0.25, -0.2) is 4.98 Å². The summed E-state index contributed by atoms with van der Waals surface area (Å²) in [6.07, 6.45) is 0. The molecule has 2 heteroatoms. The fourth-order valence-corrected chi connectivity index (χ4v) is 2.01. The molecule has 0 aliphatic heterocycles. The zero-order valence-electron chi connectivity index (χ0n) is 8.74. The van der Waals surface area contributed by atoms with Gasteiger partial charge in [-0.2, -0.15) is 0 Å². The Balaban J connectivity index is 2.62. The molecule has 1 aromatic carbocycles. The summed E-state index contributed by atoms with van der Waals surface area (Å²) in [4.78, 5) is 4.53. The van der Waals surface area contributed by atoms with Gasteiger partial charge in [-0.3, -0.25) is 0 Å². The normalized spacial score (nSPS) is 11.3. The molecule has 0 bridgehead atoms. The van der Waals surface area contributed by atoms with Crippen LogP contribution in [0.1, 0.15) is 11.5 Å². The first kappa shape index (κ1) is 8.48. The maximum Gasteiger partial charge on any atom is 0.160 e. The second-order valence-electron chi connectivity index (χ2n) is 3.81. The summed E-state index contributed by atoms with van der Waals surface area (Å²) in [5.41, 5.74) is 2.90. The predicted molar refractivity (Wildman–Crippen MR) is 61.0 cm³/mol. The highest BCUT2D eigenvalue weighted by atomic mass is 16.3. The zero-order valence-corrected chi connectivity index (χ0v) is 8.74. The molecule has 0 unspecified atom stereocenters. The summed E-state index contributed by atoms with van der Waals surface area (Å²) in [6.45, 7) is 3.98. The van der Waals surface area contributed by atoms with Crippen LogP contribution in [-0.4, -0.2) is 4.98 Å². The van der Waals surface area contributed by atoms with Gasteiger partial charge in [0.25, 0.3) is 0 Å². The first-order valence-corrected chi connectivity index (χ1v) is 5.01. The van der Waals surface area contributed by atoms with E-state index in [4.69, 9.17) is 4.42 Å². The molecule has 2 nitrogen and oxygen atoms in total. The molecule has 0 aliphatic rings. The second-order valence-corrected chi connectivity index (χ2v) is 3.81. The van der Waals surface area contributed by atoms with Crippen molar-refractivity contribution in [1.82, 2.24) is 4.98 Å². The lowest BCUT2D eigenvalue weighted by atomic mass is 10.1. The number of hydrogen-bond acceptors (Lipinski definition) is 2. The molecule has 15 heavy (non-hydrogen) atoms. The van der Waals surface area contributed by atoms with Crippen molar-refractivity contribution in [1.29, 1.82) is 0 Å². The number of hydrogen-bond donors (Lipinski definition) is 0. The lowest BCUT2D eigenvalue weighted by molar-refractivity contribution is 0.581. The van der Waals surface area contributed by atoms with Crippen molar-refractivity contribution in [3.05, 3.63) is 41.8 Å². The van der Waals surface area contributed by atoms with Gasteiger partial charge >= 0.3 is 0 Å². The number of pyridine rings is 1. The Bertz CT molecular complexity index is 652. The van der Waals surface area contributed by atoms with Crippen molar-refractivity contribution in [2.75, 3.05) is 0 Å². The van der Waals surface area contributed by atoms with Gasteiger partial charge in [-0.1, -0.05) is 24.3 Å². The van der Waals surface area contributed by atoms with Crippen molar-refractivity contribution in [3.8, 4) is 0 Å². The Kier molecular flexibility index (Phi) is 1.60. The van der Waals surface area contributed by atoms with Gasteiger partial charge in [0.05, 0.1) is 0 Å². The molecule has 0 saturated heterocycles. The third-order valence-corrected chi connectivity index (χ3v) is 2.69. The van der Waals surface area contributed by atoms with E-state index in [-0.39, 0.29) is 0 Å². The fourth-order valence-electron chi connectivity index (χ4n) is 2.01. The molecule has 2 aromatic heterocycles. The maximum atomic E-state index is 5.67. The van der Waals surface area contributed by atoms with Crippen LogP contribution in [0, 0.1) is 13.8 Å². The number of benzene rings is 1. The number of nitrogens with zero attached hydrogens (tertiary/aromatic N) is 1. The van der Waals surface area contributed by atoms with Crippen LogP contribution in [0.2, 0.25) is 0 Å². The molecule has 2 heterocycles. The summed E-state index contributed by atoms with van der Waals surface area (Å²) in [5, 5.41) is 2.31. The van der Waals surface area contributed by atoms with Crippen LogP contribution in [0.3, 0.4) is 0 Å². The summed E-state index contributed by atoms with van der Waals surface area (Å²) in [7, 11) is 0. The van der Waals surface area contributed by atoms with Crippen molar-refractivity contribution < 1.29 is 4.42 Å². The average molecular weight is 197 g/mol. The molecule has 0 radical (unpaired) electrons. The van der Waals surface area contributed by atoms with Crippen molar-refractivity contribution in [3.63, 3.8) is 0 Å². The average Bonchev–Trinajstić information content (AvgIpc) is 2.59. The first-order valence-electron chi connectivity index (χ1n) is 5.01. The second kappa shape index (κ2) is 2.83. The minimum atomic E-state index is 0.897. The Morgan fingerprint density at radius 2 is 1.80 bits per heavy atom. The van der Waals surface area contributed by atoms with Crippen molar-refractivity contribution in [2.45, 2.75) is 13.8 Å². The molecule has 0 amide bonds. The number of furan rings is 1. The van der Waals surface area contributed by atoms with Gasteiger partial charge < -0.3 is 4.42 Å². The van der Waals surface area contributed by atoms with E-state index in [2.05, 4.69) is 17.1 Å². The molecule has 0 spiro atoms. The van der Waals surface area contributed by atoms with Crippen LogP contribution in [0.25, 0.3) is 21.9 Å². The minimum absolute atomic E-state index is 0.897. The minimum Gasteiger partial charge on any atom is -0.459 e. The standard InChI is InChI=1S/C13H11NO/c1-8-7-12-13(15-8)11-6-4-3-5-10(11)9(2)14-12/h3-7H,1-2H3. The molecular formula is C13H11NO. The van der Waals surface area contributed by atoms with Gasteiger partial charge in [0.2, 0.25) is 0 Å². The van der Waals surface area contributed by atoms with Gasteiger partial charge in [0, 0.05) is 22.5 Å². The molecule has 0 N–H and O–H groups in total. The van der Waals surface area contributed by atoms with E-state index in [9.17, 15) is 0 Å². The first-order chi connectivity index (χ1) is 7.25. The van der Waals surface area contributed by atoms with Crippen molar-refractivity contribution >= 4 is 21.9 Å². The van der Waals surface area contributed by atoms with Gasteiger partial charge in [0.1, 0.15) is 11.3 Å². The molecule has 0 saturated carbocycles. The molecule has 74 valence electrons. The van der Waals surface area contributed by atoms with Crippen molar-refractivity contribution in [2.24, 2.45) is 0 Å². The predicted octanol–water partition coefficient (Wildman–Crippen LogP) is 3.60. The highest BCUT2D eigenvalue weighted by Gasteiger charge is 2.08. The summed E-state index contributed by atoms with van der Waals surface area (Å²) in [5.74, 6) is 0.910. The number of aryl methyl sites for hydroxylation is 2. The zero-order chi connectivity index (χ0) is 10.4. The largest absolute Gasteiger partial charge is 0.459 e. The summed E-state index contributed by atoms with van der Waals surface area (Å²) in [6, 6.07) is 10.2. The van der Waals surface area contributed by atoms with Gasteiger partial charge in [-0.05, 0) is 13.8 Å². The molecular weight excluding hydrogens is 186 g/mol. The van der Waals surface area contributed by atoms with E-state index in [1.165, 1.54) is 5.39 Å². The summed E-state index contributed by atoms with van der Waals surface area (Å²) < 4.78 is 5.67. The van der Waals surface area contributed by atoms with Crippen LogP contribution in [0.15, 0.2) is 34.7 Å². The van der Waals surface area contributed by atoms with Crippen LogP contribution in [0.4, 0.5) is 0 Å². The van der Waals surface area contributed by atoms with E-state index >= 15 is 0 Å². The van der Waals surface area contributed by atoms with Gasteiger partial charge in [-0.15, -0.1) is 0 Å². The quantitative estimate of drug-likeness (QED) is 0.550. The van der Waals surface area contributed by atoms with E-state index in [0.29, 0.717) is 0 Å². The highest BCUT2D eigenvalue weighted by Crippen LogP contribution is 2.27. The van der Waals surface area contributed by atoms with Crippen LogP contribution >= 0.6 is 0 Å². The van der Waals surface area contributed by atoms with Crippen LogP contribution in [0.5, 0.6) is 0 Å². The van der Waals surface area contributed by atoms with Gasteiger partial charge in [0.15, 0.2) is 5.58 Å². The fraction of sp³-hybridized carbons (Fsp3) is 0.154. The Morgan fingerprint density at radius 1 is 1.07 bits per heavy atom. The Morgan fingerprint density at radius 3 is 2.60 bits per heavy atom. The molecule has 3 aromatic rings. The lowest BCUT2D eigenvalue weighted by Gasteiger charge is -2.01. The number of fused-ring (bicyclic) bond motifs is 3. The third kappa shape index (κ3) is 1.14. The van der Waals surface area contributed by atoms with Crippen LogP contribution < -0.4 is 0 Å². The monoisotopic (exact) mass is 197 g/mol. The van der Waals surface area contributed by atoms with E-state index < -0.39 is 0 Å². The topological polar surface area (TPSA) is 26.0 Å². The Labute approximate surface area is 87.5 Å². The van der Waals surface area contributed by atoms with Crippen LogP contribution in [-0.2, 0) is 0 Å². The maximum absolute atomic E-state index is 5.67. The molecule has 3 rings (SSSR count).